The number of nitrogens with one attached hydrogen (secondary N) is 1. The number of aryl methyl sites for hydroxylation is 4. The van der Waals surface area contributed by atoms with E-state index in [4.69, 9.17) is 14.0 Å². The monoisotopic (exact) mass is 529 g/mol. The van der Waals surface area contributed by atoms with Gasteiger partial charge in [0.2, 0.25) is 11.8 Å². The third-order valence-corrected chi connectivity index (χ3v) is 6.21. The highest BCUT2D eigenvalue weighted by Gasteiger charge is 2.22. The largest absolute Gasteiger partial charge is 0.377 e. The van der Waals surface area contributed by atoms with Gasteiger partial charge in [-0.15, -0.1) is 10.2 Å². The van der Waals surface area contributed by atoms with E-state index >= 15 is 0 Å². The van der Waals surface area contributed by atoms with Crippen LogP contribution in [0.2, 0.25) is 0 Å². The highest BCUT2D eigenvalue weighted by Crippen LogP contribution is 2.32. The molecule has 5 heterocycles. The molecule has 1 unspecified atom stereocenters. The van der Waals surface area contributed by atoms with Gasteiger partial charge >= 0.3 is 0 Å². The molecule has 0 fully saturated rings. The number of nitrogens with zero attached hydrogens (tertiary/aromatic N) is 10. The SMILES string of the molecule is [2H]C(C)(Nc1ccc(C)nc1-c1nnn(C([2H])([2H])[2H])n1)c1cc(C)cc2c(=O)n(C([2H])([2H])[2H])c3c(-c4cnc(N)nc4)ncn3c12. The summed E-state index contributed by atoms with van der Waals surface area (Å²) in [5.74, 6) is -0.0824. The molecule has 0 aliphatic rings. The second-order valence-corrected chi connectivity index (χ2v) is 8.97. The van der Waals surface area contributed by atoms with Crippen LogP contribution in [0.1, 0.15) is 39.4 Å². The van der Waals surface area contributed by atoms with Gasteiger partial charge in [0, 0.05) is 38.9 Å². The Balaban J connectivity index is 1.60. The van der Waals surface area contributed by atoms with Crippen LogP contribution in [-0.4, -0.2) is 49.1 Å². The molecule has 0 bridgehead atoms. The Kier molecular flexibility index (Phi) is 3.99. The van der Waals surface area contributed by atoms with E-state index in [1.165, 1.54) is 23.1 Å². The quantitative estimate of drug-likeness (QED) is 0.340. The van der Waals surface area contributed by atoms with E-state index in [9.17, 15) is 6.17 Å². The molecular weight excluding hydrogens is 496 g/mol. The van der Waals surface area contributed by atoms with Crippen molar-refractivity contribution in [3.05, 3.63) is 70.2 Å². The van der Waals surface area contributed by atoms with E-state index in [1.807, 2.05) is 0 Å². The smallest absolute Gasteiger partial charge is 0.261 e. The van der Waals surface area contributed by atoms with E-state index in [1.54, 1.807) is 45.0 Å². The van der Waals surface area contributed by atoms with Gasteiger partial charge < -0.3 is 11.1 Å². The number of pyridine rings is 1. The van der Waals surface area contributed by atoms with Crippen LogP contribution >= 0.6 is 0 Å². The average molecular weight is 530 g/mol. The second kappa shape index (κ2) is 8.97. The second-order valence-electron chi connectivity index (χ2n) is 8.97. The first-order valence-electron chi connectivity index (χ1n) is 15.2. The van der Waals surface area contributed by atoms with Gasteiger partial charge in [-0.1, -0.05) is 6.07 Å². The van der Waals surface area contributed by atoms with Crippen LogP contribution in [0.25, 0.3) is 39.3 Å². The molecule has 0 saturated carbocycles. The molecule has 0 amide bonds. The maximum Gasteiger partial charge on any atom is 0.261 e. The molecule has 13 nitrogen and oxygen atoms in total. The van der Waals surface area contributed by atoms with Gasteiger partial charge in [-0.25, -0.2) is 19.9 Å². The fraction of sp³-hybridized carbons (Fsp3) is 0.231. The minimum absolute atomic E-state index is 0.000790. The van der Waals surface area contributed by atoms with Gasteiger partial charge in [0.1, 0.15) is 23.4 Å². The summed E-state index contributed by atoms with van der Waals surface area (Å²) in [6, 6.07) is 4.88. The van der Waals surface area contributed by atoms with Gasteiger partial charge in [0.15, 0.2) is 0 Å². The summed E-state index contributed by atoms with van der Waals surface area (Å²) in [5.41, 5.74) is 7.34. The van der Waals surface area contributed by atoms with Gasteiger partial charge in [-0.3, -0.25) is 13.8 Å². The molecule has 0 spiro atoms. The molecule has 3 N–H and O–H groups in total. The zero-order valence-corrected chi connectivity index (χ0v) is 21.0. The van der Waals surface area contributed by atoms with Crippen LogP contribution in [0.4, 0.5) is 11.6 Å². The molecule has 5 aromatic heterocycles. The van der Waals surface area contributed by atoms with E-state index in [0.717, 1.165) is 0 Å². The number of fused-ring (bicyclic) bond motifs is 3. The van der Waals surface area contributed by atoms with E-state index in [0.29, 0.717) is 31.7 Å². The molecule has 6 rings (SSSR count). The average Bonchev–Trinajstić information content (AvgIpc) is 3.62. The summed E-state index contributed by atoms with van der Waals surface area (Å²) < 4.78 is 59.1. The molecule has 1 aromatic carbocycles. The van der Waals surface area contributed by atoms with Gasteiger partial charge in [-0.05, 0) is 55.3 Å². The number of anilines is 2. The zero-order valence-electron chi connectivity index (χ0n) is 28.0. The fourth-order valence-electron chi connectivity index (χ4n) is 4.49. The number of tetrazole rings is 1. The molecule has 39 heavy (non-hydrogen) atoms. The number of hydrogen-bond acceptors (Lipinski definition) is 10. The Morgan fingerprint density at radius 3 is 2.67 bits per heavy atom. The van der Waals surface area contributed by atoms with Crippen molar-refractivity contribution < 1.29 is 9.60 Å². The lowest BCUT2D eigenvalue weighted by Crippen LogP contribution is -2.21. The lowest BCUT2D eigenvalue weighted by Gasteiger charge is -2.21. The predicted molar refractivity (Wildman–Crippen MR) is 147 cm³/mol. The number of rotatable bonds is 5. The molecule has 1 atom stereocenters. The zero-order chi connectivity index (χ0) is 33.3. The number of imidazole rings is 1. The van der Waals surface area contributed by atoms with Crippen molar-refractivity contribution in [3.8, 4) is 22.8 Å². The van der Waals surface area contributed by atoms with Crippen LogP contribution in [0.3, 0.4) is 0 Å². The van der Waals surface area contributed by atoms with Gasteiger partial charge in [-0.2, -0.15) is 4.80 Å². The first-order valence-corrected chi connectivity index (χ1v) is 11.7. The number of hydrogen-bond donors (Lipinski definition) is 2. The van der Waals surface area contributed by atoms with Crippen molar-refractivity contribution >= 4 is 28.2 Å². The lowest BCUT2D eigenvalue weighted by molar-refractivity contribution is 0.630. The van der Waals surface area contributed by atoms with Gasteiger partial charge in [0.25, 0.3) is 5.56 Å². The molecule has 0 aliphatic carbocycles. The Morgan fingerprint density at radius 2 is 1.92 bits per heavy atom. The summed E-state index contributed by atoms with van der Waals surface area (Å²) in [4.78, 5) is 31.4. The lowest BCUT2D eigenvalue weighted by atomic mass is 10.0. The molecule has 13 heteroatoms. The number of nitrogen functional groups attached to an aromatic ring is 1. The predicted octanol–water partition coefficient (Wildman–Crippen LogP) is 2.60. The van der Waals surface area contributed by atoms with E-state index in [-0.39, 0.29) is 45.4 Å². The van der Waals surface area contributed by atoms with Gasteiger partial charge in [0.05, 0.1) is 31.0 Å². The minimum Gasteiger partial charge on any atom is -0.377 e. The first kappa shape index (κ1) is 17.3. The van der Waals surface area contributed by atoms with Crippen molar-refractivity contribution in [2.45, 2.75) is 26.8 Å². The molecule has 6 aromatic rings. The maximum absolute atomic E-state index is 14.0. The van der Waals surface area contributed by atoms with Crippen molar-refractivity contribution in [1.29, 1.82) is 0 Å². The third kappa shape index (κ3) is 4.04. The number of aromatic nitrogens is 10. The van der Waals surface area contributed by atoms with E-state index in [2.05, 4.69) is 40.7 Å². The van der Waals surface area contributed by atoms with Crippen LogP contribution in [0, 0.1) is 13.8 Å². The minimum atomic E-state index is -2.90. The maximum atomic E-state index is 14.0. The van der Waals surface area contributed by atoms with Crippen molar-refractivity contribution in [2.75, 3.05) is 11.1 Å². The van der Waals surface area contributed by atoms with Crippen LogP contribution in [-0.2, 0) is 14.0 Å². The summed E-state index contributed by atoms with van der Waals surface area (Å²) >= 11 is 0. The molecule has 0 saturated heterocycles. The molecular formula is C26H26N12O. The number of benzene rings is 1. The topological polar surface area (TPSA) is 160 Å². The van der Waals surface area contributed by atoms with Crippen molar-refractivity contribution in [2.24, 2.45) is 14.0 Å². The Morgan fingerprint density at radius 1 is 1.10 bits per heavy atom. The van der Waals surface area contributed by atoms with Crippen molar-refractivity contribution in [3.63, 3.8) is 0 Å². The highest BCUT2D eigenvalue weighted by atomic mass is 16.1. The molecule has 0 radical (unpaired) electrons. The van der Waals surface area contributed by atoms with Crippen molar-refractivity contribution in [1.82, 2.24) is 49.1 Å². The summed E-state index contributed by atoms with van der Waals surface area (Å²) in [6.45, 7) is -0.565. The molecule has 196 valence electrons. The Labute approximate surface area is 232 Å². The first-order chi connectivity index (χ1) is 21.5. The number of nitrogens with two attached hydrogens (primary N) is 1. The Bertz CT molecular complexity index is 2200. The normalized spacial score (nSPS) is 16.4. The van der Waals surface area contributed by atoms with E-state index < -0.39 is 25.5 Å². The summed E-state index contributed by atoms with van der Waals surface area (Å²) in [7, 11) is 0. The summed E-state index contributed by atoms with van der Waals surface area (Å²) in [5, 5.41) is 14.7. The molecule has 0 aliphatic heterocycles. The third-order valence-electron chi connectivity index (χ3n) is 6.21. The van der Waals surface area contributed by atoms with Crippen LogP contribution in [0.15, 0.2) is 47.8 Å². The standard InChI is InChI=1S/C26H26N12O/c1-13-8-17(15(3)32-19-7-6-14(2)31-21(19)23-33-35-37(5)34-23)22-18(9-13)25(39)36(4)24-20(30-12-38(22)24)16-10-28-26(27)29-11-16/h6-12,15,32H,1-5H3,(H2,27,28,29)/i4D3,5D3,15D. The summed E-state index contributed by atoms with van der Waals surface area (Å²) in [6.07, 6.45) is 4.12. The van der Waals surface area contributed by atoms with Crippen LogP contribution in [0.5, 0.6) is 0 Å². The van der Waals surface area contributed by atoms with Crippen LogP contribution < -0.4 is 16.6 Å². The highest BCUT2D eigenvalue weighted by molar-refractivity contribution is 5.88. The fourth-order valence-corrected chi connectivity index (χ4v) is 4.49. The Hall–Kier alpha value is -5.20.